The van der Waals surface area contributed by atoms with Crippen molar-refractivity contribution in [3.63, 3.8) is 0 Å². The molecule has 6 nitrogen and oxygen atoms in total. The zero-order valence-electron chi connectivity index (χ0n) is 13.5. The molecule has 1 heterocycles. The number of para-hydroxylation sites is 1. The second-order valence-corrected chi connectivity index (χ2v) is 5.23. The van der Waals surface area contributed by atoms with Gasteiger partial charge < -0.3 is 24.4 Å². The maximum absolute atomic E-state index is 12.3. The number of imidazole rings is 1. The van der Waals surface area contributed by atoms with Crippen molar-refractivity contribution in [2.24, 2.45) is 0 Å². The first-order valence-corrected chi connectivity index (χ1v) is 7.49. The lowest BCUT2D eigenvalue weighted by Gasteiger charge is -2.10. The van der Waals surface area contributed by atoms with Crippen LogP contribution in [0, 0.1) is 0 Å². The number of carboxylic acid groups (broad SMARTS) is 1. The molecule has 3 rings (SSSR count). The van der Waals surface area contributed by atoms with Crippen LogP contribution in [0.3, 0.4) is 0 Å². The highest BCUT2D eigenvalue weighted by molar-refractivity contribution is 6.00. The van der Waals surface area contributed by atoms with Gasteiger partial charge >= 0.3 is 6.61 Å². The molecule has 0 unspecified atom stereocenters. The molecule has 0 radical (unpaired) electrons. The first-order chi connectivity index (χ1) is 12.5. The van der Waals surface area contributed by atoms with E-state index in [1.165, 1.54) is 25.3 Å². The van der Waals surface area contributed by atoms with Gasteiger partial charge in [-0.05, 0) is 29.8 Å². The number of nitrogens with one attached hydrogen (secondary N) is 1. The summed E-state index contributed by atoms with van der Waals surface area (Å²) in [6, 6.07) is 9.18. The van der Waals surface area contributed by atoms with Crippen molar-refractivity contribution in [1.82, 2.24) is 9.97 Å². The monoisotopic (exact) mass is 359 g/mol. The third kappa shape index (κ3) is 3.64. The third-order valence-electron chi connectivity index (χ3n) is 3.59. The van der Waals surface area contributed by atoms with Crippen molar-refractivity contribution < 1.29 is 28.2 Å². The van der Waals surface area contributed by atoms with Crippen LogP contribution in [0.25, 0.3) is 23.2 Å². The Balaban J connectivity index is 1.89. The number of nitrogens with zero attached hydrogens (tertiary/aromatic N) is 1. The van der Waals surface area contributed by atoms with Gasteiger partial charge in [-0.3, -0.25) is 0 Å². The summed E-state index contributed by atoms with van der Waals surface area (Å²) in [5.41, 5.74) is 1.51. The quantitative estimate of drug-likeness (QED) is 0.731. The number of carboxylic acids is 1. The van der Waals surface area contributed by atoms with Gasteiger partial charge in [-0.15, -0.1) is 0 Å². The molecule has 8 heteroatoms. The number of aromatic carboxylic acids is 1. The molecular formula is C18H13F2N2O4-. The number of carbonyl (C=O) groups excluding carboxylic acids is 1. The van der Waals surface area contributed by atoms with Crippen molar-refractivity contribution in [1.29, 1.82) is 0 Å². The maximum Gasteiger partial charge on any atom is 0.387 e. The standard InChI is InChI=1S/C18H14F2N2O4/c1-25-14-9-10(5-7-13(14)26-18(19)20)6-8-15-21-12-4-2-3-11(17(23)24)16(12)22-15/h2-9,18H,1H3,(H,21,22)(H,23,24)/p-1/b8-6+. The van der Waals surface area contributed by atoms with Crippen molar-refractivity contribution in [3.05, 3.63) is 53.3 Å². The molecule has 3 aromatic rings. The highest BCUT2D eigenvalue weighted by atomic mass is 19.3. The summed E-state index contributed by atoms with van der Waals surface area (Å²) in [6.07, 6.45) is 3.30. The van der Waals surface area contributed by atoms with E-state index >= 15 is 0 Å². The molecule has 0 aliphatic heterocycles. The van der Waals surface area contributed by atoms with E-state index in [0.717, 1.165) is 0 Å². The van der Waals surface area contributed by atoms with E-state index in [4.69, 9.17) is 4.74 Å². The Morgan fingerprint density at radius 1 is 1.23 bits per heavy atom. The Labute approximate surface area is 146 Å². The van der Waals surface area contributed by atoms with Crippen LogP contribution in [-0.4, -0.2) is 29.7 Å². The first kappa shape index (κ1) is 17.4. The number of ether oxygens (including phenoxy) is 2. The second kappa shape index (κ2) is 7.22. The number of H-pyrrole nitrogens is 1. The number of hydrogen-bond donors (Lipinski definition) is 1. The number of benzene rings is 2. The number of carbonyl (C=O) groups is 1. The van der Waals surface area contributed by atoms with E-state index in [1.54, 1.807) is 30.4 Å². The average molecular weight is 359 g/mol. The minimum atomic E-state index is -2.95. The molecule has 0 aliphatic carbocycles. The van der Waals surface area contributed by atoms with Crippen LogP contribution in [0.15, 0.2) is 36.4 Å². The Kier molecular flexibility index (Phi) is 4.83. The number of fused-ring (bicyclic) bond motifs is 1. The van der Waals surface area contributed by atoms with Crippen molar-refractivity contribution in [3.8, 4) is 11.5 Å². The molecule has 0 saturated heterocycles. The topological polar surface area (TPSA) is 87.3 Å². The summed E-state index contributed by atoms with van der Waals surface area (Å²) in [6.45, 7) is -2.95. The molecule has 26 heavy (non-hydrogen) atoms. The predicted octanol–water partition coefficient (Wildman–Crippen LogP) is 2.71. The maximum atomic E-state index is 12.3. The van der Waals surface area contributed by atoms with Gasteiger partial charge in [-0.1, -0.05) is 24.3 Å². The number of rotatable bonds is 6. The van der Waals surface area contributed by atoms with E-state index in [1.807, 2.05) is 0 Å². The first-order valence-electron chi connectivity index (χ1n) is 7.49. The van der Waals surface area contributed by atoms with Gasteiger partial charge in [0.1, 0.15) is 5.82 Å². The smallest absolute Gasteiger partial charge is 0.387 e. The summed E-state index contributed by atoms with van der Waals surface area (Å²) in [5, 5.41) is 11.1. The van der Waals surface area contributed by atoms with Gasteiger partial charge in [0.05, 0.1) is 24.1 Å². The zero-order chi connectivity index (χ0) is 18.7. The second-order valence-electron chi connectivity index (χ2n) is 5.23. The van der Waals surface area contributed by atoms with Gasteiger partial charge in [0, 0.05) is 5.56 Å². The largest absolute Gasteiger partial charge is 0.545 e. The van der Waals surface area contributed by atoms with Gasteiger partial charge in [0.2, 0.25) is 0 Å². The number of aromatic amines is 1. The summed E-state index contributed by atoms with van der Waals surface area (Å²) >= 11 is 0. The summed E-state index contributed by atoms with van der Waals surface area (Å²) in [4.78, 5) is 18.3. The van der Waals surface area contributed by atoms with Crippen LogP contribution in [0.1, 0.15) is 21.7 Å². The number of hydrogen-bond acceptors (Lipinski definition) is 5. The highest BCUT2D eigenvalue weighted by Crippen LogP contribution is 2.30. The Morgan fingerprint density at radius 2 is 2.04 bits per heavy atom. The molecule has 134 valence electrons. The van der Waals surface area contributed by atoms with Crippen LogP contribution in [0.5, 0.6) is 11.5 Å². The fraction of sp³-hybridized carbons (Fsp3) is 0.111. The van der Waals surface area contributed by atoms with E-state index < -0.39 is 12.6 Å². The van der Waals surface area contributed by atoms with Crippen molar-refractivity contribution >= 4 is 29.2 Å². The van der Waals surface area contributed by atoms with Crippen LogP contribution < -0.4 is 14.6 Å². The molecule has 1 aromatic heterocycles. The number of halogens is 2. The van der Waals surface area contributed by atoms with Crippen molar-refractivity contribution in [2.75, 3.05) is 7.11 Å². The molecule has 2 aromatic carbocycles. The number of alkyl halides is 2. The van der Waals surface area contributed by atoms with E-state index in [2.05, 4.69) is 14.7 Å². The van der Waals surface area contributed by atoms with Crippen LogP contribution in [0.4, 0.5) is 8.78 Å². The molecule has 0 fully saturated rings. The van der Waals surface area contributed by atoms with E-state index in [0.29, 0.717) is 22.4 Å². The highest BCUT2D eigenvalue weighted by Gasteiger charge is 2.10. The third-order valence-corrected chi connectivity index (χ3v) is 3.59. The Morgan fingerprint density at radius 3 is 2.73 bits per heavy atom. The Hall–Kier alpha value is -3.42. The fourth-order valence-electron chi connectivity index (χ4n) is 2.45. The number of methoxy groups -OCH3 is 1. The van der Waals surface area contributed by atoms with Gasteiger partial charge in [-0.2, -0.15) is 8.78 Å². The summed E-state index contributed by atoms with van der Waals surface area (Å²) < 4.78 is 34.1. The van der Waals surface area contributed by atoms with Crippen molar-refractivity contribution in [2.45, 2.75) is 6.61 Å². The molecule has 1 N–H and O–H groups in total. The predicted molar refractivity (Wildman–Crippen MR) is 89.0 cm³/mol. The van der Waals surface area contributed by atoms with Crippen LogP contribution >= 0.6 is 0 Å². The molecule has 0 saturated carbocycles. The van der Waals surface area contributed by atoms with E-state index in [-0.39, 0.29) is 17.1 Å². The normalized spacial score (nSPS) is 11.4. The van der Waals surface area contributed by atoms with E-state index in [9.17, 15) is 18.7 Å². The lowest BCUT2D eigenvalue weighted by Crippen LogP contribution is -2.22. The Bertz CT molecular complexity index is 982. The molecule has 0 aliphatic rings. The number of aromatic nitrogens is 2. The molecule has 0 atom stereocenters. The van der Waals surface area contributed by atoms with Gasteiger partial charge in [-0.25, -0.2) is 4.98 Å². The molecular weight excluding hydrogens is 346 g/mol. The zero-order valence-corrected chi connectivity index (χ0v) is 13.5. The molecule has 0 bridgehead atoms. The minimum Gasteiger partial charge on any atom is -0.545 e. The van der Waals surface area contributed by atoms with Gasteiger partial charge in [0.25, 0.3) is 0 Å². The molecule has 0 spiro atoms. The molecule has 0 amide bonds. The average Bonchev–Trinajstić information content (AvgIpc) is 3.03. The van der Waals surface area contributed by atoms with Gasteiger partial charge in [0.15, 0.2) is 11.5 Å². The minimum absolute atomic E-state index is 0.00595. The fourth-order valence-corrected chi connectivity index (χ4v) is 2.45. The van der Waals surface area contributed by atoms with Crippen LogP contribution in [0.2, 0.25) is 0 Å². The summed E-state index contributed by atoms with van der Waals surface area (Å²) in [5.74, 6) is -0.782. The SMILES string of the molecule is COc1cc(/C=C/c2nc3c(C(=O)[O-])cccc3[nH]2)ccc1OC(F)F. The van der Waals surface area contributed by atoms with Crippen LogP contribution in [-0.2, 0) is 0 Å². The lowest BCUT2D eigenvalue weighted by molar-refractivity contribution is -0.254. The summed E-state index contributed by atoms with van der Waals surface area (Å²) in [7, 11) is 1.35. The lowest BCUT2D eigenvalue weighted by atomic mass is 10.2.